The number of aliphatic hydroxyl groups is 2. The highest BCUT2D eigenvalue weighted by Crippen LogP contribution is 2.60. The Morgan fingerprint density at radius 1 is 1.08 bits per heavy atom. The Hall–Kier alpha value is -1.59. The van der Waals surface area contributed by atoms with Crippen molar-refractivity contribution >= 4 is 5.78 Å². The molecule has 0 radical (unpaired) electrons. The number of carbonyl (C=O) groups excluding carboxylic acids is 1. The van der Waals surface area contributed by atoms with Crippen molar-refractivity contribution < 1.29 is 25.2 Å². The van der Waals surface area contributed by atoms with Gasteiger partial charge in [0.25, 0.3) is 0 Å². The zero-order valence-electron chi connectivity index (χ0n) is 15.5. The summed E-state index contributed by atoms with van der Waals surface area (Å²) in [5.74, 6) is -1.45. The number of Topliss-reactive ketones (excluding diaryl/α,β-unsaturated/α-hetero) is 1. The third kappa shape index (κ3) is 2.40. The average molecular weight is 348 g/mol. The second kappa shape index (κ2) is 5.45. The van der Waals surface area contributed by atoms with Gasteiger partial charge >= 0.3 is 0 Å². The van der Waals surface area contributed by atoms with Crippen molar-refractivity contribution in [3.63, 3.8) is 0 Å². The van der Waals surface area contributed by atoms with Crippen molar-refractivity contribution in [2.24, 2.45) is 11.3 Å². The van der Waals surface area contributed by atoms with E-state index in [1.807, 2.05) is 34.6 Å². The maximum atomic E-state index is 12.9. The fraction of sp³-hybridized carbons (Fsp3) is 0.650. The van der Waals surface area contributed by atoms with Crippen LogP contribution >= 0.6 is 0 Å². The summed E-state index contributed by atoms with van der Waals surface area (Å²) >= 11 is 0. The van der Waals surface area contributed by atoms with Crippen LogP contribution in [0, 0.1) is 11.3 Å². The Kier molecular flexibility index (Phi) is 3.97. The molecule has 3 rings (SSSR count). The first-order valence-corrected chi connectivity index (χ1v) is 8.91. The predicted molar refractivity (Wildman–Crippen MR) is 94.1 cm³/mol. The summed E-state index contributed by atoms with van der Waals surface area (Å²) in [7, 11) is 0. The van der Waals surface area contributed by atoms with Crippen molar-refractivity contribution in [3.05, 3.63) is 22.8 Å². The van der Waals surface area contributed by atoms with Gasteiger partial charge in [-0.05, 0) is 30.2 Å². The molecule has 2 aliphatic carbocycles. The maximum Gasteiger partial charge on any atom is 0.192 e. The monoisotopic (exact) mass is 348 g/mol. The van der Waals surface area contributed by atoms with Gasteiger partial charge in [-0.15, -0.1) is 0 Å². The number of phenols is 2. The Bertz CT molecular complexity index is 736. The molecule has 4 N–H and O–H groups in total. The van der Waals surface area contributed by atoms with E-state index in [2.05, 4.69) is 0 Å². The van der Waals surface area contributed by atoms with E-state index < -0.39 is 34.7 Å². The molecule has 0 spiro atoms. The largest absolute Gasteiger partial charge is 0.504 e. The summed E-state index contributed by atoms with van der Waals surface area (Å²) in [6, 6.07) is 1.59. The Morgan fingerprint density at radius 2 is 1.68 bits per heavy atom. The molecule has 0 heterocycles. The molecule has 5 heteroatoms. The molecule has 0 bridgehead atoms. The third-order valence-corrected chi connectivity index (χ3v) is 6.30. The number of carbonyl (C=O) groups is 1. The predicted octanol–water partition coefficient (Wildman–Crippen LogP) is 2.83. The number of aliphatic hydroxyl groups excluding tert-OH is 2. The molecule has 4 unspecified atom stereocenters. The molecular weight excluding hydrogens is 320 g/mol. The second-order valence-corrected chi connectivity index (χ2v) is 9.00. The fourth-order valence-electron chi connectivity index (χ4n) is 5.52. The first-order valence-electron chi connectivity index (χ1n) is 8.91. The summed E-state index contributed by atoms with van der Waals surface area (Å²) in [5.41, 5.74) is -0.190. The second-order valence-electron chi connectivity index (χ2n) is 9.00. The molecule has 1 fully saturated rings. The molecule has 1 saturated carbocycles. The van der Waals surface area contributed by atoms with Gasteiger partial charge in [0.05, 0.1) is 6.10 Å². The van der Waals surface area contributed by atoms with Crippen LogP contribution in [0.3, 0.4) is 0 Å². The van der Waals surface area contributed by atoms with Crippen molar-refractivity contribution in [2.45, 2.75) is 71.0 Å². The number of fused-ring (bicyclic) bond motifs is 3. The Labute approximate surface area is 148 Å². The summed E-state index contributed by atoms with van der Waals surface area (Å²) in [6.45, 7) is 9.45. The SMILES string of the molecule is CC(C)c1cc2c(c(O)c1O)C1(C)CC(O)CC(C)(C)C1C(O)C2=O. The van der Waals surface area contributed by atoms with Gasteiger partial charge < -0.3 is 20.4 Å². The smallest absolute Gasteiger partial charge is 0.192 e. The summed E-state index contributed by atoms with van der Waals surface area (Å²) < 4.78 is 0. The number of ketones is 1. The minimum absolute atomic E-state index is 0.0833. The third-order valence-electron chi connectivity index (χ3n) is 6.30. The molecule has 5 nitrogen and oxygen atoms in total. The van der Waals surface area contributed by atoms with Gasteiger partial charge in [-0.25, -0.2) is 0 Å². The van der Waals surface area contributed by atoms with Crippen LogP contribution in [0.25, 0.3) is 0 Å². The molecule has 4 atom stereocenters. The van der Waals surface area contributed by atoms with Crippen molar-refractivity contribution in [3.8, 4) is 11.5 Å². The van der Waals surface area contributed by atoms with E-state index >= 15 is 0 Å². The zero-order chi connectivity index (χ0) is 18.9. The summed E-state index contributed by atoms with van der Waals surface area (Å²) in [6.07, 6.45) is -0.990. The first-order chi connectivity index (χ1) is 11.4. The van der Waals surface area contributed by atoms with E-state index in [4.69, 9.17) is 0 Å². The minimum atomic E-state index is -1.19. The molecule has 0 saturated heterocycles. The lowest BCUT2D eigenvalue weighted by molar-refractivity contribution is -0.0808. The molecule has 1 aromatic rings. The molecular formula is C20H28O5. The Balaban J connectivity index is 2.35. The topological polar surface area (TPSA) is 98.0 Å². The van der Waals surface area contributed by atoms with Crippen LogP contribution in [-0.4, -0.2) is 38.4 Å². The van der Waals surface area contributed by atoms with Gasteiger partial charge in [-0.1, -0.05) is 34.6 Å². The summed E-state index contributed by atoms with van der Waals surface area (Å²) in [5, 5.41) is 42.5. The molecule has 2 aliphatic rings. The van der Waals surface area contributed by atoms with Gasteiger partial charge in [0.2, 0.25) is 0 Å². The van der Waals surface area contributed by atoms with E-state index in [9.17, 15) is 25.2 Å². The van der Waals surface area contributed by atoms with Gasteiger partial charge in [-0.2, -0.15) is 0 Å². The lowest BCUT2D eigenvalue weighted by Crippen LogP contribution is -2.59. The van der Waals surface area contributed by atoms with E-state index in [1.165, 1.54) is 0 Å². The standard InChI is InChI=1S/C20H28O5/c1-9(2)11-6-12-13(16(24)14(11)22)20(5)8-10(21)7-19(3,4)18(20)17(25)15(12)23/h6,9-10,17-18,21-22,24-25H,7-8H2,1-5H3. The highest BCUT2D eigenvalue weighted by Gasteiger charge is 2.59. The van der Waals surface area contributed by atoms with Crippen LogP contribution in [0.15, 0.2) is 6.07 Å². The van der Waals surface area contributed by atoms with Crippen molar-refractivity contribution in [1.82, 2.24) is 0 Å². The number of aromatic hydroxyl groups is 2. The normalized spacial score (nSPS) is 33.9. The van der Waals surface area contributed by atoms with E-state index in [1.54, 1.807) is 6.07 Å². The molecule has 0 aliphatic heterocycles. The van der Waals surface area contributed by atoms with E-state index in [0.29, 0.717) is 24.0 Å². The van der Waals surface area contributed by atoms with Crippen LogP contribution in [0.2, 0.25) is 0 Å². The highest BCUT2D eigenvalue weighted by atomic mass is 16.3. The van der Waals surface area contributed by atoms with Gasteiger partial charge in [0, 0.05) is 28.0 Å². The van der Waals surface area contributed by atoms with Crippen LogP contribution in [0.5, 0.6) is 11.5 Å². The van der Waals surface area contributed by atoms with Crippen LogP contribution < -0.4 is 0 Å². The Morgan fingerprint density at radius 3 is 2.24 bits per heavy atom. The lowest BCUT2D eigenvalue weighted by atomic mass is 9.48. The quantitative estimate of drug-likeness (QED) is 0.585. The molecule has 138 valence electrons. The minimum Gasteiger partial charge on any atom is -0.504 e. The molecule has 25 heavy (non-hydrogen) atoms. The summed E-state index contributed by atoms with van der Waals surface area (Å²) in [4.78, 5) is 12.9. The van der Waals surface area contributed by atoms with E-state index in [0.717, 1.165) is 0 Å². The van der Waals surface area contributed by atoms with Gasteiger partial charge in [0.15, 0.2) is 17.3 Å². The average Bonchev–Trinajstić information content (AvgIpc) is 2.44. The number of benzene rings is 1. The number of hydrogen-bond acceptors (Lipinski definition) is 5. The number of phenolic OH excluding ortho intramolecular Hbond substituents is 2. The maximum absolute atomic E-state index is 12.9. The van der Waals surface area contributed by atoms with Crippen LogP contribution in [0.4, 0.5) is 0 Å². The molecule has 0 aromatic heterocycles. The zero-order valence-corrected chi connectivity index (χ0v) is 15.5. The number of hydrogen-bond donors (Lipinski definition) is 4. The highest BCUT2D eigenvalue weighted by molar-refractivity contribution is 6.04. The van der Waals surface area contributed by atoms with E-state index in [-0.39, 0.29) is 23.0 Å². The number of rotatable bonds is 1. The van der Waals surface area contributed by atoms with Crippen LogP contribution in [0.1, 0.15) is 74.9 Å². The fourth-order valence-corrected chi connectivity index (χ4v) is 5.52. The van der Waals surface area contributed by atoms with Gasteiger partial charge in [-0.3, -0.25) is 4.79 Å². The lowest BCUT2D eigenvalue weighted by Gasteiger charge is -2.56. The van der Waals surface area contributed by atoms with Crippen molar-refractivity contribution in [1.29, 1.82) is 0 Å². The van der Waals surface area contributed by atoms with Gasteiger partial charge in [0.1, 0.15) is 6.10 Å². The molecule has 1 aromatic carbocycles. The first kappa shape index (κ1) is 18.2. The van der Waals surface area contributed by atoms with Crippen molar-refractivity contribution in [2.75, 3.05) is 0 Å². The van der Waals surface area contributed by atoms with Crippen LogP contribution in [-0.2, 0) is 5.41 Å². The molecule has 0 amide bonds.